The van der Waals surface area contributed by atoms with Crippen molar-refractivity contribution in [1.82, 2.24) is 19.9 Å². The lowest BCUT2D eigenvalue weighted by molar-refractivity contribution is 0.817. The lowest BCUT2D eigenvalue weighted by Crippen LogP contribution is -2.08. The second-order valence-electron chi connectivity index (χ2n) is 6.77. The number of hydrogen-bond acceptors (Lipinski definition) is 4. The molecular weight excluding hydrogens is 414 g/mol. The van der Waals surface area contributed by atoms with Gasteiger partial charge in [-0.15, -0.1) is 0 Å². The number of nitrogens with zero attached hydrogens (tertiary/aromatic N) is 3. The Morgan fingerprint density at radius 3 is 2.43 bits per heavy atom. The Bertz CT molecular complexity index is 1100. The molecule has 5 nitrogen and oxygen atoms in total. The molecule has 4 aromatic rings. The molecule has 0 radical (unpaired) electrons. The van der Waals surface area contributed by atoms with Crippen molar-refractivity contribution in [3.63, 3.8) is 0 Å². The molecular formula is C22H22BrN5. The Kier molecular flexibility index (Phi) is 5.41. The molecule has 28 heavy (non-hydrogen) atoms. The molecule has 0 fully saturated rings. The van der Waals surface area contributed by atoms with E-state index in [2.05, 4.69) is 81.1 Å². The highest BCUT2D eigenvalue weighted by atomic mass is 79.9. The van der Waals surface area contributed by atoms with E-state index in [4.69, 9.17) is 4.98 Å². The summed E-state index contributed by atoms with van der Waals surface area (Å²) in [7, 11) is 1.96. The van der Waals surface area contributed by atoms with E-state index in [1.807, 2.05) is 23.7 Å². The lowest BCUT2D eigenvalue weighted by Gasteiger charge is -2.12. The van der Waals surface area contributed by atoms with Crippen molar-refractivity contribution in [3.05, 3.63) is 82.0 Å². The largest absolute Gasteiger partial charge is 0.366 e. The van der Waals surface area contributed by atoms with Crippen LogP contribution >= 0.6 is 15.9 Å². The summed E-state index contributed by atoms with van der Waals surface area (Å²) < 4.78 is 2.71. The van der Waals surface area contributed by atoms with Gasteiger partial charge in [0.2, 0.25) is 0 Å². The summed E-state index contributed by atoms with van der Waals surface area (Å²) in [5, 5.41) is 11.2. The molecule has 0 aliphatic carbocycles. The normalized spacial score (nSPS) is 11.1. The van der Waals surface area contributed by atoms with E-state index >= 15 is 0 Å². The molecule has 0 bridgehead atoms. The summed E-state index contributed by atoms with van der Waals surface area (Å²) in [6.45, 7) is 3.69. The number of rotatable bonds is 6. The number of nitrogens with one attached hydrogen (secondary N) is 2. The third-order valence-electron chi connectivity index (χ3n) is 4.73. The lowest BCUT2D eigenvalue weighted by atomic mass is 10.1. The molecule has 6 heteroatoms. The van der Waals surface area contributed by atoms with E-state index in [9.17, 15) is 0 Å². The van der Waals surface area contributed by atoms with Gasteiger partial charge in [-0.2, -0.15) is 9.61 Å². The summed E-state index contributed by atoms with van der Waals surface area (Å²) in [5.41, 5.74) is 6.54. The number of halogens is 1. The van der Waals surface area contributed by atoms with Crippen molar-refractivity contribution >= 4 is 27.4 Å². The Hall–Kier alpha value is -2.70. The van der Waals surface area contributed by atoms with Gasteiger partial charge in [-0.1, -0.05) is 48.5 Å². The van der Waals surface area contributed by atoms with Crippen LogP contribution in [0.15, 0.2) is 65.3 Å². The Labute approximate surface area is 172 Å². The first-order valence-electron chi connectivity index (χ1n) is 9.22. The number of benzene rings is 2. The van der Waals surface area contributed by atoms with Crippen LogP contribution in [0, 0.1) is 6.92 Å². The van der Waals surface area contributed by atoms with Gasteiger partial charge in [0.05, 0.1) is 16.4 Å². The van der Waals surface area contributed by atoms with Gasteiger partial charge in [0.1, 0.15) is 5.82 Å². The minimum Gasteiger partial charge on any atom is -0.366 e. The van der Waals surface area contributed by atoms with Crippen LogP contribution in [0.5, 0.6) is 0 Å². The highest BCUT2D eigenvalue weighted by molar-refractivity contribution is 9.10. The van der Waals surface area contributed by atoms with Crippen molar-refractivity contribution < 1.29 is 0 Å². The topological polar surface area (TPSA) is 54.2 Å². The summed E-state index contributed by atoms with van der Waals surface area (Å²) in [6, 6.07) is 19.0. The zero-order valence-corrected chi connectivity index (χ0v) is 17.5. The van der Waals surface area contributed by atoms with Crippen LogP contribution in [-0.4, -0.2) is 21.6 Å². The first-order chi connectivity index (χ1) is 13.7. The molecule has 0 saturated carbocycles. The maximum absolute atomic E-state index is 4.82. The van der Waals surface area contributed by atoms with Gasteiger partial charge in [0, 0.05) is 24.7 Å². The number of hydrogen-bond donors (Lipinski definition) is 2. The maximum atomic E-state index is 4.82. The van der Waals surface area contributed by atoms with Gasteiger partial charge >= 0.3 is 0 Å². The molecule has 0 amide bonds. The van der Waals surface area contributed by atoms with Crippen LogP contribution < -0.4 is 10.6 Å². The summed E-state index contributed by atoms with van der Waals surface area (Å²) in [4.78, 5) is 4.82. The number of aryl methyl sites for hydroxylation is 1. The highest BCUT2D eigenvalue weighted by Crippen LogP contribution is 2.28. The SMILES string of the molecule is CNCc1ccc(CNc2cc(-c3ccccc3C)nc3c(Br)cnn23)cc1. The second kappa shape index (κ2) is 8.12. The Morgan fingerprint density at radius 1 is 1.00 bits per heavy atom. The van der Waals surface area contributed by atoms with Crippen molar-refractivity contribution in [2.45, 2.75) is 20.0 Å². The molecule has 142 valence electrons. The molecule has 2 aromatic carbocycles. The third kappa shape index (κ3) is 3.79. The summed E-state index contributed by atoms with van der Waals surface area (Å²) in [6.07, 6.45) is 1.78. The van der Waals surface area contributed by atoms with E-state index in [1.54, 1.807) is 6.20 Å². The molecule has 4 rings (SSSR count). The van der Waals surface area contributed by atoms with E-state index in [-0.39, 0.29) is 0 Å². The van der Waals surface area contributed by atoms with E-state index in [0.29, 0.717) is 6.54 Å². The van der Waals surface area contributed by atoms with Crippen molar-refractivity contribution in [1.29, 1.82) is 0 Å². The van der Waals surface area contributed by atoms with E-state index in [1.165, 1.54) is 16.7 Å². The van der Waals surface area contributed by atoms with Crippen molar-refractivity contribution in [3.8, 4) is 11.3 Å². The maximum Gasteiger partial charge on any atom is 0.172 e. The second-order valence-corrected chi connectivity index (χ2v) is 7.62. The smallest absolute Gasteiger partial charge is 0.172 e. The van der Waals surface area contributed by atoms with Gasteiger partial charge in [0.25, 0.3) is 0 Å². The molecule has 0 saturated heterocycles. The fraction of sp³-hybridized carbons (Fsp3) is 0.182. The average molecular weight is 436 g/mol. The molecule has 2 N–H and O–H groups in total. The monoisotopic (exact) mass is 435 g/mol. The summed E-state index contributed by atoms with van der Waals surface area (Å²) >= 11 is 3.57. The zero-order chi connectivity index (χ0) is 19.5. The van der Waals surface area contributed by atoms with Gasteiger partial charge in [-0.3, -0.25) is 0 Å². The first kappa shape index (κ1) is 18.7. The number of aromatic nitrogens is 3. The fourth-order valence-electron chi connectivity index (χ4n) is 3.23. The quantitative estimate of drug-likeness (QED) is 0.456. The standard InChI is InChI=1S/C22H22BrN5/c1-15-5-3-4-6-18(15)20-11-21(28-22(27-20)19(23)14-26-28)25-13-17-9-7-16(8-10-17)12-24-2/h3-11,14,24-25H,12-13H2,1-2H3. The molecule has 2 heterocycles. The van der Waals surface area contributed by atoms with Gasteiger partial charge < -0.3 is 10.6 Å². The van der Waals surface area contributed by atoms with Crippen LogP contribution in [0.25, 0.3) is 16.9 Å². The predicted molar refractivity (Wildman–Crippen MR) is 117 cm³/mol. The summed E-state index contributed by atoms with van der Waals surface area (Å²) in [5.74, 6) is 0.910. The fourth-order valence-corrected chi connectivity index (χ4v) is 3.58. The first-order valence-corrected chi connectivity index (χ1v) is 10.0. The van der Waals surface area contributed by atoms with E-state index in [0.717, 1.165) is 33.7 Å². The van der Waals surface area contributed by atoms with Crippen LogP contribution in [0.1, 0.15) is 16.7 Å². The molecule has 0 unspecified atom stereocenters. The van der Waals surface area contributed by atoms with Gasteiger partial charge in [0.15, 0.2) is 5.65 Å². The Balaban J connectivity index is 1.67. The van der Waals surface area contributed by atoms with Crippen LogP contribution in [0.2, 0.25) is 0 Å². The van der Waals surface area contributed by atoms with Crippen molar-refractivity contribution in [2.24, 2.45) is 0 Å². The number of fused-ring (bicyclic) bond motifs is 1. The average Bonchev–Trinajstić information content (AvgIpc) is 3.09. The molecule has 0 atom stereocenters. The van der Waals surface area contributed by atoms with Crippen LogP contribution in [0.4, 0.5) is 5.82 Å². The minimum absolute atomic E-state index is 0.712. The van der Waals surface area contributed by atoms with Crippen LogP contribution in [0.3, 0.4) is 0 Å². The zero-order valence-electron chi connectivity index (χ0n) is 15.9. The van der Waals surface area contributed by atoms with Crippen molar-refractivity contribution in [2.75, 3.05) is 12.4 Å². The van der Waals surface area contributed by atoms with E-state index < -0.39 is 0 Å². The Morgan fingerprint density at radius 2 is 1.71 bits per heavy atom. The predicted octanol–water partition coefficient (Wildman–Crippen LogP) is 4.80. The third-order valence-corrected chi connectivity index (χ3v) is 5.29. The molecule has 2 aromatic heterocycles. The molecule has 0 aliphatic rings. The molecule has 0 spiro atoms. The van der Waals surface area contributed by atoms with Gasteiger partial charge in [-0.05, 0) is 46.6 Å². The minimum atomic E-state index is 0.712. The van der Waals surface area contributed by atoms with Crippen LogP contribution in [-0.2, 0) is 13.1 Å². The highest BCUT2D eigenvalue weighted by Gasteiger charge is 2.12. The van der Waals surface area contributed by atoms with Gasteiger partial charge in [-0.25, -0.2) is 4.98 Å². The number of anilines is 1. The molecule has 0 aliphatic heterocycles.